The van der Waals surface area contributed by atoms with E-state index in [2.05, 4.69) is 9.88 Å². The number of thioether (sulfide) groups is 1. The molecule has 3 rings (SSSR count). The maximum Gasteiger partial charge on any atom is 0.255 e. The lowest BCUT2D eigenvalue weighted by molar-refractivity contribution is 0.0245. The molecule has 2 fully saturated rings. The van der Waals surface area contributed by atoms with Crippen molar-refractivity contribution in [3.63, 3.8) is 0 Å². The number of carbonyl (C=O) groups is 1. The van der Waals surface area contributed by atoms with Gasteiger partial charge in [0.2, 0.25) is 5.56 Å². The van der Waals surface area contributed by atoms with Crippen molar-refractivity contribution >= 4 is 17.7 Å². The molecule has 23 heavy (non-hydrogen) atoms. The summed E-state index contributed by atoms with van der Waals surface area (Å²) in [5, 5.41) is 0. The first-order valence-electron chi connectivity index (χ1n) is 8.11. The second kappa shape index (κ2) is 7.99. The molecule has 0 aromatic carbocycles. The van der Waals surface area contributed by atoms with E-state index >= 15 is 0 Å². The van der Waals surface area contributed by atoms with Crippen LogP contribution in [0.3, 0.4) is 0 Å². The molecular weight excluding hydrogens is 314 g/mol. The van der Waals surface area contributed by atoms with Crippen molar-refractivity contribution in [3.8, 4) is 0 Å². The number of hydrogen-bond donors (Lipinski definition) is 1. The molecule has 7 heteroatoms. The molecule has 1 aromatic heterocycles. The highest BCUT2D eigenvalue weighted by atomic mass is 32.2. The van der Waals surface area contributed by atoms with Crippen LogP contribution in [0, 0.1) is 0 Å². The number of hydrogen-bond acceptors (Lipinski definition) is 5. The lowest BCUT2D eigenvalue weighted by atomic mass is 10.1. The lowest BCUT2D eigenvalue weighted by Crippen LogP contribution is -2.50. The molecule has 1 unspecified atom stereocenters. The van der Waals surface area contributed by atoms with Crippen molar-refractivity contribution in [1.82, 2.24) is 14.8 Å². The van der Waals surface area contributed by atoms with E-state index < -0.39 is 0 Å². The molecule has 3 heterocycles. The third kappa shape index (κ3) is 4.37. The highest BCUT2D eigenvalue weighted by Gasteiger charge is 2.28. The third-order valence-corrected chi connectivity index (χ3v) is 5.50. The Balaban J connectivity index is 1.73. The molecule has 0 spiro atoms. The minimum Gasteiger partial charge on any atom is -0.379 e. The first-order valence-corrected chi connectivity index (χ1v) is 9.27. The minimum absolute atomic E-state index is 0.0157. The minimum atomic E-state index is -0.183. The number of rotatable bonds is 3. The Morgan fingerprint density at radius 1 is 1.30 bits per heavy atom. The number of aromatic amines is 1. The molecule has 2 saturated heterocycles. The van der Waals surface area contributed by atoms with Crippen LogP contribution in [-0.4, -0.2) is 77.6 Å². The highest BCUT2D eigenvalue weighted by molar-refractivity contribution is 7.99. The molecule has 2 aliphatic heterocycles. The summed E-state index contributed by atoms with van der Waals surface area (Å²) in [5.41, 5.74) is 0.376. The molecular formula is C16H23N3O3S. The van der Waals surface area contributed by atoms with Gasteiger partial charge in [0, 0.05) is 44.2 Å². The number of pyridine rings is 1. The fourth-order valence-electron chi connectivity index (χ4n) is 3.04. The van der Waals surface area contributed by atoms with Gasteiger partial charge in [-0.1, -0.05) is 0 Å². The molecule has 0 radical (unpaired) electrons. The van der Waals surface area contributed by atoms with E-state index in [1.54, 1.807) is 6.07 Å². The van der Waals surface area contributed by atoms with E-state index in [0.717, 1.165) is 57.3 Å². The predicted molar refractivity (Wildman–Crippen MR) is 91.1 cm³/mol. The van der Waals surface area contributed by atoms with Gasteiger partial charge >= 0.3 is 0 Å². The molecule has 1 N–H and O–H groups in total. The summed E-state index contributed by atoms with van der Waals surface area (Å²) in [6.45, 7) is 5.08. The molecule has 1 amide bonds. The normalized spacial score (nSPS) is 23.5. The van der Waals surface area contributed by atoms with Crippen molar-refractivity contribution < 1.29 is 9.53 Å². The summed E-state index contributed by atoms with van der Waals surface area (Å²) < 4.78 is 5.41. The quantitative estimate of drug-likeness (QED) is 0.877. The lowest BCUT2D eigenvalue weighted by Gasteiger charge is -2.35. The van der Waals surface area contributed by atoms with Crippen molar-refractivity contribution in [2.45, 2.75) is 12.5 Å². The maximum atomic E-state index is 12.9. The number of nitrogens with zero attached hydrogens (tertiary/aromatic N) is 2. The van der Waals surface area contributed by atoms with Crippen LogP contribution in [0.4, 0.5) is 0 Å². The Morgan fingerprint density at radius 3 is 2.87 bits per heavy atom. The summed E-state index contributed by atoms with van der Waals surface area (Å²) in [5.74, 6) is 2.07. The average Bonchev–Trinajstić information content (AvgIpc) is 2.81. The first-order chi connectivity index (χ1) is 11.2. The van der Waals surface area contributed by atoms with Crippen LogP contribution in [0.25, 0.3) is 0 Å². The zero-order valence-electron chi connectivity index (χ0n) is 13.2. The number of nitrogens with one attached hydrogen (secondary N) is 1. The van der Waals surface area contributed by atoms with Gasteiger partial charge in [-0.15, -0.1) is 0 Å². The van der Waals surface area contributed by atoms with Gasteiger partial charge in [-0.25, -0.2) is 0 Å². The van der Waals surface area contributed by atoms with E-state index in [9.17, 15) is 9.59 Å². The molecule has 0 aliphatic carbocycles. The van der Waals surface area contributed by atoms with Crippen LogP contribution in [0.5, 0.6) is 0 Å². The number of ether oxygens (including phenoxy) is 1. The Kier molecular flexibility index (Phi) is 5.75. The number of carbonyl (C=O) groups excluding carboxylic acids is 1. The summed E-state index contributed by atoms with van der Waals surface area (Å²) in [4.78, 5) is 31.0. The average molecular weight is 337 g/mol. The topological polar surface area (TPSA) is 65.6 Å². The second-order valence-electron chi connectivity index (χ2n) is 5.94. The maximum absolute atomic E-state index is 12.9. The Bertz CT molecular complexity index is 566. The van der Waals surface area contributed by atoms with E-state index in [0.29, 0.717) is 5.56 Å². The number of amides is 1. The van der Waals surface area contributed by atoms with E-state index in [4.69, 9.17) is 4.74 Å². The predicted octanol–water partition coefficient (Wildman–Crippen LogP) is 0.655. The summed E-state index contributed by atoms with van der Waals surface area (Å²) >= 11 is 1.92. The van der Waals surface area contributed by atoms with Gasteiger partial charge in [-0.2, -0.15) is 11.8 Å². The molecule has 0 bridgehead atoms. The first kappa shape index (κ1) is 16.5. The van der Waals surface area contributed by atoms with Crippen LogP contribution in [0.2, 0.25) is 0 Å². The van der Waals surface area contributed by atoms with Crippen molar-refractivity contribution in [2.24, 2.45) is 0 Å². The third-order valence-electron chi connectivity index (χ3n) is 4.30. The number of H-pyrrole nitrogens is 1. The zero-order valence-corrected chi connectivity index (χ0v) is 14.0. The second-order valence-corrected chi connectivity index (χ2v) is 7.09. The standard InChI is InChI=1S/C16H23N3O3S/c20-15-3-2-13(10-17-15)16(21)19-4-1-9-23-12-14(19)11-18-5-7-22-8-6-18/h2-3,10,14H,1,4-9,11-12H2,(H,17,20). The van der Waals surface area contributed by atoms with Gasteiger partial charge in [0.25, 0.3) is 5.91 Å². The summed E-state index contributed by atoms with van der Waals surface area (Å²) in [6.07, 6.45) is 2.54. The van der Waals surface area contributed by atoms with E-state index in [1.165, 1.54) is 12.3 Å². The zero-order chi connectivity index (χ0) is 16.1. The molecule has 2 aliphatic rings. The van der Waals surface area contributed by atoms with Gasteiger partial charge in [0.1, 0.15) is 0 Å². The Labute approximate surface area is 140 Å². The fraction of sp³-hybridized carbons (Fsp3) is 0.625. The molecule has 126 valence electrons. The smallest absolute Gasteiger partial charge is 0.255 e. The highest BCUT2D eigenvalue weighted by Crippen LogP contribution is 2.20. The van der Waals surface area contributed by atoms with Crippen molar-refractivity contribution in [1.29, 1.82) is 0 Å². The molecule has 0 saturated carbocycles. The SMILES string of the molecule is O=C(c1ccc(=O)[nH]c1)N1CCCSCC1CN1CCOCC1. The molecule has 6 nitrogen and oxygen atoms in total. The fourth-order valence-corrected chi connectivity index (χ4v) is 4.10. The van der Waals surface area contributed by atoms with Crippen LogP contribution >= 0.6 is 11.8 Å². The molecule has 1 aromatic rings. The van der Waals surface area contributed by atoms with Gasteiger partial charge < -0.3 is 14.6 Å². The van der Waals surface area contributed by atoms with Crippen LogP contribution in [0.1, 0.15) is 16.8 Å². The van der Waals surface area contributed by atoms with Gasteiger partial charge in [-0.3, -0.25) is 14.5 Å². The van der Waals surface area contributed by atoms with E-state index in [-0.39, 0.29) is 17.5 Å². The Hall–Kier alpha value is -1.31. The monoisotopic (exact) mass is 337 g/mol. The largest absolute Gasteiger partial charge is 0.379 e. The van der Waals surface area contributed by atoms with Crippen LogP contribution in [0.15, 0.2) is 23.1 Å². The van der Waals surface area contributed by atoms with Gasteiger partial charge in [-0.05, 0) is 18.2 Å². The summed E-state index contributed by atoms with van der Waals surface area (Å²) in [6, 6.07) is 3.24. The van der Waals surface area contributed by atoms with E-state index in [1.807, 2.05) is 16.7 Å². The van der Waals surface area contributed by atoms with Gasteiger partial charge in [0.15, 0.2) is 0 Å². The van der Waals surface area contributed by atoms with Crippen LogP contribution < -0.4 is 5.56 Å². The molecule has 1 atom stereocenters. The Morgan fingerprint density at radius 2 is 2.13 bits per heavy atom. The van der Waals surface area contributed by atoms with Crippen molar-refractivity contribution in [3.05, 3.63) is 34.2 Å². The van der Waals surface area contributed by atoms with Crippen molar-refractivity contribution in [2.75, 3.05) is 50.9 Å². The van der Waals surface area contributed by atoms with Gasteiger partial charge in [0.05, 0.1) is 24.8 Å². The van der Waals surface area contributed by atoms with Crippen LogP contribution in [-0.2, 0) is 4.74 Å². The number of aromatic nitrogens is 1. The number of morpholine rings is 1. The summed E-state index contributed by atoms with van der Waals surface area (Å²) in [7, 11) is 0.